The van der Waals surface area contributed by atoms with E-state index in [4.69, 9.17) is 21.1 Å². The zero-order valence-electron chi connectivity index (χ0n) is 28.1. The van der Waals surface area contributed by atoms with Gasteiger partial charge in [0.1, 0.15) is 29.0 Å². The number of allylic oxidation sites excluding steroid dienone is 1. The van der Waals surface area contributed by atoms with Gasteiger partial charge in [0.05, 0.1) is 17.7 Å². The number of amides is 3. The zero-order chi connectivity index (χ0) is 34.9. The monoisotopic (exact) mass is 697 g/mol. The number of aliphatic carboxylic acids is 1. The summed E-state index contributed by atoms with van der Waals surface area (Å²) < 4.78 is 11.3. The fourth-order valence-electron chi connectivity index (χ4n) is 6.44. The topological polar surface area (TPSA) is 178 Å². The molecule has 0 radical (unpaired) electrons. The summed E-state index contributed by atoms with van der Waals surface area (Å²) in [6, 6.07) is 2.71. The highest BCUT2D eigenvalue weighted by molar-refractivity contribution is 6.32. The molecular weight excluding hydrogens is 654 g/mol. The van der Waals surface area contributed by atoms with E-state index >= 15 is 0 Å². The summed E-state index contributed by atoms with van der Waals surface area (Å²) in [6.07, 6.45) is 9.13. The lowest BCUT2D eigenvalue weighted by molar-refractivity contribution is -0.145. The lowest BCUT2D eigenvalue weighted by atomic mass is 10.0. The van der Waals surface area contributed by atoms with Crippen LogP contribution < -0.4 is 15.4 Å². The van der Waals surface area contributed by atoms with Crippen LogP contribution in [0.1, 0.15) is 84.6 Å². The molecule has 3 heterocycles. The Morgan fingerprint density at radius 3 is 2.67 bits per heavy atom. The Balaban J connectivity index is 1.25. The fraction of sp³-hybridized carbons (Fsp3) is 0.618. The van der Waals surface area contributed by atoms with E-state index in [0.29, 0.717) is 47.5 Å². The van der Waals surface area contributed by atoms with Gasteiger partial charge in [0, 0.05) is 24.4 Å². The molecule has 6 rings (SSSR count). The number of carbonyl (C=O) groups excluding carboxylic acids is 3. The third-order valence-corrected chi connectivity index (χ3v) is 9.74. The third-order valence-electron chi connectivity index (χ3n) is 9.44. The van der Waals surface area contributed by atoms with Crippen LogP contribution in [0.4, 0.5) is 4.79 Å². The summed E-state index contributed by atoms with van der Waals surface area (Å²) in [6.45, 7) is 5.86. The molecule has 2 aromatic rings. The molecule has 14 nitrogen and oxygen atoms in total. The standard InChI is InChI=1S/C34H44ClN7O7/c1-33(2,3)49-32(47)36-25-10-8-6-4-5-7-9-22-17-34(22,31(45)46)37-29(43)26-16-23(18-41(26)30(25)44)42-39-28(38-40-42)21-13-14-27(24(35)15-21)48-19-20-11-12-20/h7,9,13-15,20,22-23,25-26H,4-6,8,10-12,16-19H2,1-3H3,(H,36,47)(H,37,43)(H,45,46)/b9-7-/t22-,23+,25+,26+,34+/m1/s1. The number of carboxylic acid groups (broad SMARTS) is 1. The summed E-state index contributed by atoms with van der Waals surface area (Å²) in [4.78, 5) is 56.2. The number of halogens is 1. The first-order chi connectivity index (χ1) is 23.3. The number of nitrogens with zero attached hydrogens (tertiary/aromatic N) is 5. The number of rotatable bonds is 7. The molecule has 3 fully saturated rings. The molecule has 49 heavy (non-hydrogen) atoms. The number of hydrogen-bond donors (Lipinski definition) is 3. The summed E-state index contributed by atoms with van der Waals surface area (Å²) in [7, 11) is 0. The quantitative estimate of drug-likeness (QED) is 0.354. The van der Waals surface area contributed by atoms with Gasteiger partial charge in [0.25, 0.3) is 0 Å². The van der Waals surface area contributed by atoms with E-state index < -0.39 is 53.1 Å². The van der Waals surface area contributed by atoms with Crippen molar-refractivity contribution >= 4 is 35.5 Å². The van der Waals surface area contributed by atoms with E-state index in [1.54, 1.807) is 39.0 Å². The maximum absolute atomic E-state index is 14.2. The maximum Gasteiger partial charge on any atom is 0.408 e. The predicted molar refractivity (Wildman–Crippen MR) is 178 cm³/mol. The number of benzene rings is 1. The van der Waals surface area contributed by atoms with Gasteiger partial charge in [-0.15, -0.1) is 10.2 Å². The average molecular weight is 698 g/mol. The van der Waals surface area contributed by atoms with Gasteiger partial charge in [-0.25, -0.2) is 9.59 Å². The molecule has 15 heteroatoms. The van der Waals surface area contributed by atoms with Crippen LogP contribution >= 0.6 is 11.6 Å². The largest absolute Gasteiger partial charge is 0.492 e. The van der Waals surface area contributed by atoms with Gasteiger partial charge in [0.2, 0.25) is 17.6 Å². The normalized spacial score (nSPS) is 28.3. The van der Waals surface area contributed by atoms with Gasteiger partial charge in [-0.3, -0.25) is 9.59 Å². The minimum Gasteiger partial charge on any atom is -0.492 e. The van der Waals surface area contributed by atoms with Crippen LogP contribution in [0.2, 0.25) is 5.02 Å². The van der Waals surface area contributed by atoms with Gasteiger partial charge >= 0.3 is 12.1 Å². The molecule has 2 saturated carbocycles. The summed E-state index contributed by atoms with van der Waals surface area (Å²) in [5, 5.41) is 29.1. The van der Waals surface area contributed by atoms with Crippen molar-refractivity contribution < 1.29 is 33.8 Å². The van der Waals surface area contributed by atoms with E-state index in [1.165, 1.54) is 9.70 Å². The van der Waals surface area contributed by atoms with Crippen molar-refractivity contribution in [3.63, 3.8) is 0 Å². The molecular formula is C34H44ClN7O7. The SMILES string of the molecule is CC(C)(C)OC(=O)N[C@H]1CCCCC/C=C\[C@@H]2C[C@]2(C(=O)O)NC(=O)[C@@H]2C[C@H](n3nnc(-c4ccc(OCC5CC5)c(Cl)c4)n3)CN2C1=O. The first kappa shape index (κ1) is 34.7. The first-order valence-corrected chi connectivity index (χ1v) is 17.4. The molecule has 0 unspecified atom stereocenters. The number of fused-ring (bicyclic) bond motifs is 2. The van der Waals surface area contributed by atoms with E-state index in [1.807, 2.05) is 12.2 Å². The second-order valence-corrected chi connectivity index (χ2v) is 15.0. The van der Waals surface area contributed by atoms with E-state index in [-0.39, 0.29) is 25.3 Å². The number of aromatic nitrogens is 4. The molecule has 2 aliphatic carbocycles. The van der Waals surface area contributed by atoms with Crippen LogP contribution in [0.3, 0.4) is 0 Å². The van der Waals surface area contributed by atoms with Crippen molar-refractivity contribution in [3.8, 4) is 17.1 Å². The number of hydrogen-bond acceptors (Lipinski definition) is 9. The Hall–Kier alpha value is -4.20. The Bertz CT molecular complexity index is 1620. The number of nitrogens with one attached hydrogen (secondary N) is 2. The van der Waals surface area contributed by atoms with Crippen LogP contribution in [-0.2, 0) is 19.1 Å². The summed E-state index contributed by atoms with van der Waals surface area (Å²) in [5.41, 5.74) is -1.60. The molecule has 0 bridgehead atoms. The van der Waals surface area contributed by atoms with Crippen LogP contribution in [-0.4, -0.2) is 90.5 Å². The lowest BCUT2D eigenvalue weighted by Gasteiger charge is -2.30. The second-order valence-electron chi connectivity index (χ2n) is 14.6. The Kier molecular flexibility index (Phi) is 9.88. The molecule has 3 N–H and O–H groups in total. The smallest absolute Gasteiger partial charge is 0.408 e. The van der Waals surface area contributed by atoms with Gasteiger partial charge in [0.15, 0.2) is 0 Å². The van der Waals surface area contributed by atoms with E-state index in [9.17, 15) is 24.3 Å². The second kappa shape index (κ2) is 14.0. The van der Waals surface area contributed by atoms with Gasteiger partial charge in [-0.2, -0.15) is 4.80 Å². The lowest BCUT2D eigenvalue weighted by Crippen LogP contribution is -2.56. The minimum atomic E-state index is -1.44. The molecule has 5 atom stereocenters. The number of carboxylic acids is 1. The van der Waals surface area contributed by atoms with Gasteiger partial charge < -0.3 is 30.1 Å². The van der Waals surface area contributed by atoms with Gasteiger partial charge in [-0.1, -0.05) is 36.6 Å². The number of carbonyl (C=O) groups is 4. The van der Waals surface area contributed by atoms with Crippen LogP contribution in [0, 0.1) is 11.8 Å². The Morgan fingerprint density at radius 1 is 1.16 bits per heavy atom. The van der Waals surface area contributed by atoms with E-state index in [2.05, 4.69) is 26.0 Å². The first-order valence-electron chi connectivity index (χ1n) is 17.1. The molecule has 1 aromatic heterocycles. The number of tetrazole rings is 1. The van der Waals surface area contributed by atoms with Crippen molar-refractivity contribution in [2.45, 2.75) is 108 Å². The van der Waals surface area contributed by atoms with Crippen molar-refractivity contribution in [1.29, 1.82) is 0 Å². The molecule has 3 amide bonds. The Morgan fingerprint density at radius 2 is 1.96 bits per heavy atom. The highest BCUT2D eigenvalue weighted by Gasteiger charge is 2.61. The average Bonchev–Trinajstić information content (AvgIpc) is 3.87. The third kappa shape index (κ3) is 8.17. The fourth-order valence-corrected chi connectivity index (χ4v) is 6.67. The molecule has 2 aliphatic heterocycles. The van der Waals surface area contributed by atoms with Crippen molar-refractivity contribution in [2.24, 2.45) is 11.8 Å². The number of alkyl carbamates (subject to hydrolysis) is 1. The molecule has 1 aromatic carbocycles. The highest BCUT2D eigenvalue weighted by atomic mass is 35.5. The van der Waals surface area contributed by atoms with Crippen molar-refractivity contribution in [2.75, 3.05) is 13.2 Å². The molecule has 264 valence electrons. The van der Waals surface area contributed by atoms with Crippen LogP contribution in [0.5, 0.6) is 5.75 Å². The summed E-state index contributed by atoms with van der Waals surface area (Å²) >= 11 is 6.49. The highest BCUT2D eigenvalue weighted by Crippen LogP contribution is 2.45. The summed E-state index contributed by atoms with van der Waals surface area (Å²) in [5.74, 6) is -1.07. The van der Waals surface area contributed by atoms with Gasteiger partial charge in [-0.05, 0) is 88.6 Å². The van der Waals surface area contributed by atoms with Crippen LogP contribution in [0.15, 0.2) is 30.4 Å². The van der Waals surface area contributed by atoms with Crippen LogP contribution in [0.25, 0.3) is 11.4 Å². The maximum atomic E-state index is 14.2. The molecule has 1 saturated heterocycles. The predicted octanol–water partition coefficient (Wildman–Crippen LogP) is 4.30. The zero-order valence-corrected chi connectivity index (χ0v) is 28.8. The number of ether oxygens (including phenoxy) is 2. The molecule has 4 aliphatic rings. The minimum absolute atomic E-state index is 0.0390. The Labute approximate surface area is 289 Å². The van der Waals surface area contributed by atoms with Crippen molar-refractivity contribution in [1.82, 2.24) is 35.7 Å². The molecule has 0 spiro atoms. The van der Waals surface area contributed by atoms with Crippen molar-refractivity contribution in [3.05, 3.63) is 35.4 Å². The van der Waals surface area contributed by atoms with E-state index in [0.717, 1.165) is 32.1 Å².